The van der Waals surface area contributed by atoms with E-state index in [1.165, 1.54) is 12.0 Å². The number of benzene rings is 1. The van der Waals surface area contributed by atoms with Gasteiger partial charge in [-0.05, 0) is 18.5 Å². The minimum absolute atomic E-state index is 0.494. The maximum absolute atomic E-state index is 5.55. The predicted molar refractivity (Wildman–Crippen MR) is 58.1 cm³/mol. The molecule has 0 atom stereocenters. The molecule has 1 rings (SSSR count). The van der Waals surface area contributed by atoms with Crippen LogP contribution in [0.1, 0.15) is 18.9 Å². The molecule has 0 bridgehead atoms. The first-order chi connectivity index (χ1) is 6.43. The first-order valence-electron chi connectivity index (χ1n) is 4.76. The molecule has 0 saturated heterocycles. The van der Waals surface area contributed by atoms with Crippen LogP contribution in [-0.2, 0) is 11.0 Å². The summed E-state index contributed by atoms with van der Waals surface area (Å²) in [4.78, 5) is 3.32. The standard InChI is InChI=1S/C10H17NOSi/c1-2-8-11-13-12-9-10-6-4-3-5-7-10/h3-7,11H,2,8-9,13H2,1H3. The van der Waals surface area contributed by atoms with E-state index >= 15 is 0 Å². The maximum Gasteiger partial charge on any atom is 0.236 e. The van der Waals surface area contributed by atoms with E-state index in [1.807, 2.05) is 18.2 Å². The Kier molecular flexibility index (Phi) is 5.48. The molecule has 0 aliphatic carbocycles. The quantitative estimate of drug-likeness (QED) is 0.544. The smallest absolute Gasteiger partial charge is 0.236 e. The van der Waals surface area contributed by atoms with Crippen molar-refractivity contribution in [1.82, 2.24) is 4.98 Å². The zero-order valence-electron chi connectivity index (χ0n) is 8.12. The van der Waals surface area contributed by atoms with Crippen molar-refractivity contribution in [2.45, 2.75) is 20.0 Å². The van der Waals surface area contributed by atoms with Gasteiger partial charge in [0.1, 0.15) is 0 Å². The van der Waals surface area contributed by atoms with Gasteiger partial charge in [-0.2, -0.15) is 0 Å². The Balaban J connectivity index is 2.07. The average Bonchev–Trinajstić information content (AvgIpc) is 2.19. The molecule has 0 heterocycles. The third kappa shape index (κ3) is 4.82. The lowest BCUT2D eigenvalue weighted by molar-refractivity contribution is 0.317. The fourth-order valence-electron chi connectivity index (χ4n) is 1.06. The van der Waals surface area contributed by atoms with E-state index in [1.54, 1.807) is 0 Å². The van der Waals surface area contributed by atoms with Gasteiger partial charge in [0.15, 0.2) is 0 Å². The Morgan fingerprint density at radius 3 is 2.77 bits per heavy atom. The van der Waals surface area contributed by atoms with Crippen molar-refractivity contribution >= 4 is 9.92 Å². The topological polar surface area (TPSA) is 21.3 Å². The summed E-state index contributed by atoms with van der Waals surface area (Å²) in [5.41, 5.74) is 1.26. The summed E-state index contributed by atoms with van der Waals surface area (Å²) in [7, 11) is -0.494. The zero-order chi connectivity index (χ0) is 9.36. The third-order valence-corrected chi connectivity index (χ3v) is 2.71. The molecule has 0 aliphatic rings. The monoisotopic (exact) mass is 195 g/mol. The molecule has 0 spiro atoms. The molecule has 0 aromatic heterocycles. The first kappa shape index (κ1) is 10.4. The predicted octanol–water partition coefficient (Wildman–Crippen LogP) is 1.20. The highest BCUT2D eigenvalue weighted by Crippen LogP contribution is 1.98. The van der Waals surface area contributed by atoms with Gasteiger partial charge in [-0.15, -0.1) is 0 Å². The van der Waals surface area contributed by atoms with Crippen molar-refractivity contribution in [2.75, 3.05) is 6.54 Å². The van der Waals surface area contributed by atoms with Crippen molar-refractivity contribution < 1.29 is 4.43 Å². The molecule has 0 radical (unpaired) electrons. The second kappa shape index (κ2) is 6.83. The molecule has 1 aromatic rings. The average molecular weight is 195 g/mol. The fraction of sp³-hybridized carbons (Fsp3) is 0.400. The Hall–Kier alpha value is -0.643. The van der Waals surface area contributed by atoms with Crippen molar-refractivity contribution in [3.05, 3.63) is 35.9 Å². The van der Waals surface area contributed by atoms with Crippen LogP contribution >= 0.6 is 0 Å². The molecule has 0 aliphatic heterocycles. The van der Waals surface area contributed by atoms with Gasteiger partial charge in [-0.3, -0.25) is 0 Å². The van der Waals surface area contributed by atoms with Gasteiger partial charge in [0.25, 0.3) is 0 Å². The van der Waals surface area contributed by atoms with Gasteiger partial charge < -0.3 is 9.41 Å². The summed E-state index contributed by atoms with van der Waals surface area (Å²) in [6.45, 7) is 4.00. The normalized spacial score (nSPS) is 11.2. The van der Waals surface area contributed by atoms with Crippen LogP contribution in [0.2, 0.25) is 0 Å². The van der Waals surface area contributed by atoms with Crippen LogP contribution in [0.15, 0.2) is 30.3 Å². The second-order valence-corrected chi connectivity index (χ2v) is 4.18. The minimum Gasteiger partial charge on any atom is -0.404 e. The maximum atomic E-state index is 5.55. The van der Waals surface area contributed by atoms with E-state index < -0.39 is 9.92 Å². The zero-order valence-corrected chi connectivity index (χ0v) is 9.54. The molecule has 0 saturated carbocycles. The van der Waals surface area contributed by atoms with Gasteiger partial charge in [0.2, 0.25) is 9.92 Å². The second-order valence-electron chi connectivity index (χ2n) is 2.98. The SMILES string of the molecule is CCCN[SiH2]OCc1ccccc1. The summed E-state index contributed by atoms with van der Waals surface area (Å²) in [5, 5.41) is 0. The Morgan fingerprint density at radius 1 is 1.31 bits per heavy atom. The van der Waals surface area contributed by atoms with Gasteiger partial charge in [-0.1, -0.05) is 37.3 Å². The molecule has 3 heteroatoms. The van der Waals surface area contributed by atoms with Crippen LogP contribution in [-0.4, -0.2) is 16.5 Å². The third-order valence-electron chi connectivity index (χ3n) is 1.74. The number of hydrogen-bond acceptors (Lipinski definition) is 2. The molecular weight excluding hydrogens is 178 g/mol. The summed E-state index contributed by atoms with van der Waals surface area (Å²) in [5.74, 6) is 0. The molecule has 0 fully saturated rings. The summed E-state index contributed by atoms with van der Waals surface area (Å²) in [6, 6.07) is 10.3. The lowest BCUT2D eigenvalue weighted by Gasteiger charge is -2.04. The van der Waals surface area contributed by atoms with Gasteiger partial charge in [-0.25, -0.2) is 0 Å². The number of nitrogens with one attached hydrogen (secondary N) is 1. The van der Waals surface area contributed by atoms with Crippen LogP contribution in [0.5, 0.6) is 0 Å². The molecule has 2 nitrogen and oxygen atoms in total. The molecule has 0 unspecified atom stereocenters. The lowest BCUT2D eigenvalue weighted by Crippen LogP contribution is -2.22. The molecule has 1 aromatic carbocycles. The van der Waals surface area contributed by atoms with Gasteiger partial charge in [0.05, 0.1) is 6.61 Å². The minimum atomic E-state index is -0.494. The summed E-state index contributed by atoms with van der Waals surface area (Å²) >= 11 is 0. The molecule has 1 N–H and O–H groups in total. The van der Waals surface area contributed by atoms with Crippen LogP contribution in [0.3, 0.4) is 0 Å². The van der Waals surface area contributed by atoms with E-state index in [4.69, 9.17) is 4.43 Å². The molecular formula is C10H17NOSi. The summed E-state index contributed by atoms with van der Waals surface area (Å²) < 4.78 is 5.55. The Bertz CT molecular complexity index is 215. The Labute approximate surface area is 82.3 Å². The molecule has 72 valence electrons. The van der Waals surface area contributed by atoms with Crippen molar-refractivity contribution in [3.63, 3.8) is 0 Å². The van der Waals surface area contributed by atoms with Crippen molar-refractivity contribution in [3.8, 4) is 0 Å². The Morgan fingerprint density at radius 2 is 2.08 bits per heavy atom. The number of rotatable bonds is 6. The van der Waals surface area contributed by atoms with Gasteiger partial charge in [0, 0.05) is 0 Å². The van der Waals surface area contributed by atoms with Crippen LogP contribution < -0.4 is 4.98 Å². The van der Waals surface area contributed by atoms with E-state index in [2.05, 4.69) is 24.0 Å². The summed E-state index contributed by atoms with van der Waals surface area (Å²) in [6.07, 6.45) is 1.18. The van der Waals surface area contributed by atoms with E-state index in [0.29, 0.717) is 0 Å². The van der Waals surface area contributed by atoms with E-state index in [-0.39, 0.29) is 0 Å². The van der Waals surface area contributed by atoms with Crippen LogP contribution in [0.25, 0.3) is 0 Å². The van der Waals surface area contributed by atoms with Crippen molar-refractivity contribution in [1.29, 1.82) is 0 Å². The van der Waals surface area contributed by atoms with Crippen LogP contribution in [0.4, 0.5) is 0 Å². The van der Waals surface area contributed by atoms with E-state index in [0.717, 1.165) is 13.2 Å². The molecule has 0 amide bonds. The number of hydrogen-bond donors (Lipinski definition) is 1. The highest BCUT2D eigenvalue weighted by Gasteiger charge is 1.90. The van der Waals surface area contributed by atoms with Gasteiger partial charge >= 0.3 is 0 Å². The highest BCUT2D eigenvalue weighted by molar-refractivity contribution is 6.23. The van der Waals surface area contributed by atoms with Crippen molar-refractivity contribution in [2.24, 2.45) is 0 Å². The fourth-order valence-corrected chi connectivity index (χ4v) is 2.04. The van der Waals surface area contributed by atoms with E-state index in [9.17, 15) is 0 Å². The first-order valence-corrected chi connectivity index (χ1v) is 6.04. The molecule has 13 heavy (non-hydrogen) atoms. The highest BCUT2D eigenvalue weighted by atomic mass is 28.2. The van der Waals surface area contributed by atoms with Crippen LogP contribution in [0, 0.1) is 0 Å². The largest absolute Gasteiger partial charge is 0.404 e. The lowest BCUT2D eigenvalue weighted by atomic mass is 10.2.